The number of hydrogen-bond donors (Lipinski definition) is 0. The molecule has 1 aliphatic heterocycles. The van der Waals surface area contributed by atoms with Gasteiger partial charge in [0.1, 0.15) is 18.1 Å². The van der Waals surface area contributed by atoms with Gasteiger partial charge in [0.05, 0.1) is 26.2 Å². The summed E-state index contributed by atoms with van der Waals surface area (Å²) < 4.78 is 18.9. The van der Waals surface area contributed by atoms with Gasteiger partial charge in [0.25, 0.3) is 0 Å². The summed E-state index contributed by atoms with van der Waals surface area (Å²) in [5, 5.41) is 4.00. The monoisotopic (exact) mass is 659 g/mol. The molecule has 0 bridgehead atoms. The van der Waals surface area contributed by atoms with Gasteiger partial charge in [0.15, 0.2) is 5.90 Å². The standard InChI is InChI=1S/C42H62NO3P/c1-38(2,3)29-21-26(22-30(35(29)44-16)39(4,5)6)47(33-20-18-19-28(33)37-43-34(25-46-37)42(13,14)15)27-23-31(40(7,8)9)36(45-17)32(24-27)41(10,11)12/h18-24,28,34H,25H2,1-17H3/t28?,34-/m1/s1. The van der Waals surface area contributed by atoms with E-state index in [9.17, 15) is 0 Å². The quantitative estimate of drug-likeness (QED) is 0.290. The zero-order valence-corrected chi connectivity index (χ0v) is 33.4. The molecule has 4 nitrogen and oxygen atoms in total. The Morgan fingerprint density at radius 1 is 0.638 bits per heavy atom. The first-order valence-corrected chi connectivity index (χ1v) is 18.6. The van der Waals surface area contributed by atoms with Crippen molar-refractivity contribution in [1.82, 2.24) is 0 Å². The lowest BCUT2D eigenvalue weighted by Crippen LogP contribution is -2.28. The van der Waals surface area contributed by atoms with Gasteiger partial charge in [-0.15, -0.1) is 0 Å². The molecule has 258 valence electrons. The van der Waals surface area contributed by atoms with E-state index in [-0.39, 0.29) is 39.0 Å². The molecule has 1 aliphatic carbocycles. The molecule has 0 fully saturated rings. The first-order chi connectivity index (χ1) is 21.4. The Labute approximate surface area is 288 Å². The molecule has 0 aromatic heterocycles. The van der Waals surface area contributed by atoms with Crippen LogP contribution in [-0.4, -0.2) is 32.8 Å². The third-order valence-electron chi connectivity index (χ3n) is 9.39. The maximum atomic E-state index is 6.44. The molecular weight excluding hydrogens is 597 g/mol. The Balaban J connectivity index is 2.12. The third-order valence-corrected chi connectivity index (χ3v) is 11.9. The second-order valence-electron chi connectivity index (χ2n) is 18.6. The van der Waals surface area contributed by atoms with Crippen LogP contribution in [0.2, 0.25) is 0 Å². The van der Waals surface area contributed by atoms with Gasteiger partial charge in [-0.25, -0.2) is 4.99 Å². The maximum absolute atomic E-state index is 6.44. The van der Waals surface area contributed by atoms with Crippen molar-refractivity contribution in [1.29, 1.82) is 0 Å². The molecule has 4 rings (SSSR count). The fourth-order valence-electron chi connectivity index (χ4n) is 6.50. The minimum atomic E-state index is -1.01. The molecule has 47 heavy (non-hydrogen) atoms. The van der Waals surface area contributed by atoms with Gasteiger partial charge in [-0.1, -0.05) is 122 Å². The molecule has 0 amide bonds. The second-order valence-corrected chi connectivity index (χ2v) is 20.8. The fourth-order valence-corrected chi connectivity index (χ4v) is 9.13. The van der Waals surface area contributed by atoms with Gasteiger partial charge in [0, 0.05) is 22.3 Å². The zero-order chi connectivity index (χ0) is 35.5. The maximum Gasteiger partial charge on any atom is 0.195 e. The van der Waals surface area contributed by atoms with Gasteiger partial charge in [-0.05, 0) is 75.2 Å². The van der Waals surface area contributed by atoms with E-state index in [1.54, 1.807) is 0 Å². The summed E-state index contributed by atoms with van der Waals surface area (Å²) in [5.74, 6) is 2.83. The van der Waals surface area contributed by atoms with E-state index in [1.807, 2.05) is 14.2 Å². The molecule has 1 heterocycles. The summed E-state index contributed by atoms with van der Waals surface area (Å²) in [4.78, 5) is 5.22. The normalized spacial score (nSPS) is 19.2. The summed E-state index contributed by atoms with van der Waals surface area (Å²) in [7, 11) is 2.62. The van der Waals surface area contributed by atoms with Crippen LogP contribution in [0.15, 0.2) is 52.8 Å². The van der Waals surface area contributed by atoms with Crippen LogP contribution in [0.5, 0.6) is 11.5 Å². The molecule has 0 spiro atoms. The lowest BCUT2D eigenvalue weighted by molar-refractivity contribution is 0.232. The molecule has 5 heteroatoms. The van der Waals surface area contributed by atoms with Crippen LogP contribution < -0.4 is 20.1 Å². The van der Waals surface area contributed by atoms with Crippen LogP contribution in [0.3, 0.4) is 0 Å². The van der Waals surface area contributed by atoms with Crippen molar-refractivity contribution >= 4 is 24.4 Å². The van der Waals surface area contributed by atoms with Crippen LogP contribution in [-0.2, 0) is 26.4 Å². The van der Waals surface area contributed by atoms with Gasteiger partial charge >= 0.3 is 0 Å². The molecule has 2 aromatic carbocycles. The summed E-state index contributed by atoms with van der Waals surface area (Å²) in [6.07, 6.45) is 6.83. The van der Waals surface area contributed by atoms with Crippen molar-refractivity contribution in [3.8, 4) is 11.5 Å². The number of aliphatic imine (C=N–C) groups is 1. The van der Waals surface area contributed by atoms with Crippen molar-refractivity contribution in [3.05, 3.63) is 70.1 Å². The van der Waals surface area contributed by atoms with Gasteiger partial charge in [-0.3, -0.25) is 0 Å². The lowest BCUT2D eigenvalue weighted by Gasteiger charge is -2.34. The average molecular weight is 660 g/mol. The summed E-state index contributed by atoms with van der Waals surface area (Å²) in [6, 6.07) is 9.87. The van der Waals surface area contributed by atoms with Crippen molar-refractivity contribution in [2.45, 2.75) is 132 Å². The van der Waals surface area contributed by atoms with Crippen LogP contribution in [0, 0.1) is 11.3 Å². The molecule has 0 radical (unpaired) electrons. The Kier molecular flexibility index (Phi) is 10.1. The molecule has 0 saturated carbocycles. The van der Waals surface area contributed by atoms with E-state index in [0.717, 1.165) is 17.4 Å². The Morgan fingerprint density at radius 2 is 1.02 bits per heavy atom. The van der Waals surface area contributed by atoms with Crippen LogP contribution in [0.1, 0.15) is 126 Å². The predicted molar refractivity (Wildman–Crippen MR) is 204 cm³/mol. The number of nitrogens with zero attached hydrogens (tertiary/aromatic N) is 1. The summed E-state index contributed by atoms with van der Waals surface area (Å²) in [5.41, 5.74) is 4.52. The fraction of sp³-hybridized carbons (Fsp3) is 0.595. The molecule has 2 atom stereocenters. The number of hydrogen-bond acceptors (Lipinski definition) is 4. The first kappa shape index (κ1) is 37.2. The Hall–Kier alpha value is -2.58. The Morgan fingerprint density at radius 3 is 1.32 bits per heavy atom. The molecule has 2 aliphatic rings. The molecule has 1 unspecified atom stereocenters. The Bertz CT molecular complexity index is 1420. The minimum absolute atomic E-state index is 0.00925. The topological polar surface area (TPSA) is 40.0 Å². The second kappa shape index (κ2) is 12.7. The smallest absolute Gasteiger partial charge is 0.195 e. The molecule has 0 N–H and O–H groups in total. The van der Waals surface area contributed by atoms with Gasteiger partial charge < -0.3 is 14.2 Å². The number of ether oxygens (including phenoxy) is 3. The third kappa shape index (κ3) is 7.69. The van der Waals surface area contributed by atoms with E-state index in [0.29, 0.717) is 6.61 Å². The average Bonchev–Trinajstić information content (AvgIpc) is 3.60. The lowest BCUT2D eigenvalue weighted by atomic mass is 9.79. The van der Waals surface area contributed by atoms with Gasteiger partial charge in [0.2, 0.25) is 0 Å². The van der Waals surface area contributed by atoms with Gasteiger partial charge in [-0.2, -0.15) is 0 Å². The zero-order valence-electron chi connectivity index (χ0n) is 32.5. The first-order valence-electron chi connectivity index (χ1n) is 17.2. The van der Waals surface area contributed by atoms with E-state index in [1.165, 1.54) is 38.2 Å². The van der Waals surface area contributed by atoms with Crippen molar-refractivity contribution in [3.63, 3.8) is 0 Å². The summed E-state index contributed by atoms with van der Waals surface area (Å²) in [6.45, 7) is 34.9. The highest BCUT2D eigenvalue weighted by Gasteiger charge is 2.39. The molecule has 2 aromatic rings. The van der Waals surface area contributed by atoms with Crippen molar-refractivity contribution in [2.75, 3.05) is 20.8 Å². The van der Waals surface area contributed by atoms with Crippen LogP contribution in [0.4, 0.5) is 0 Å². The SMILES string of the molecule is COc1c(C(C)(C)C)cc(P(C2=CC=CC2C2=N[C@@H](C(C)(C)C)CO2)c2cc(C(C)(C)C)c(OC)c(C(C)(C)C)c2)cc1C(C)(C)C. The van der Waals surface area contributed by atoms with Crippen LogP contribution >= 0.6 is 7.92 Å². The highest BCUT2D eigenvalue weighted by Crippen LogP contribution is 2.54. The molecular formula is C42H62NO3P. The van der Waals surface area contributed by atoms with Crippen molar-refractivity contribution in [2.24, 2.45) is 16.3 Å². The van der Waals surface area contributed by atoms with E-state index >= 15 is 0 Å². The number of rotatable bonds is 6. The van der Waals surface area contributed by atoms with Crippen molar-refractivity contribution < 1.29 is 14.2 Å². The predicted octanol–water partition coefficient (Wildman–Crippen LogP) is 10.2. The largest absolute Gasteiger partial charge is 0.496 e. The van der Waals surface area contributed by atoms with E-state index in [2.05, 4.69) is 146 Å². The van der Waals surface area contributed by atoms with E-state index < -0.39 is 7.92 Å². The number of allylic oxidation sites excluding steroid dienone is 2. The summed E-state index contributed by atoms with van der Waals surface area (Å²) >= 11 is 0. The number of methoxy groups -OCH3 is 2. The molecule has 0 saturated heterocycles. The van der Waals surface area contributed by atoms with E-state index in [4.69, 9.17) is 19.2 Å². The highest BCUT2D eigenvalue weighted by atomic mass is 31.1. The minimum Gasteiger partial charge on any atom is -0.496 e. The van der Waals surface area contributed by atoms with Crippen LogP contribution in [0.25, 0.3) is 0 Å². The highest BCUT2D eigenvalue weighted by molar-refractivity contribution is 7.76. The number of benzene rings is 2.